The average molecular weight is 325 g/mol. The molecule has 2 N–H and O–H groups in total. The summed E-state index contributed by atoms with van der Waals surface area (Å²) in [5.41, 5.74) is 0.0760. The quantitative estimate of drug-likeness (QED) is 0.663. The van der Waals surface area contributed by atoms with Crippen LogP contribution < -0.4 is 5.32 Å². The lowest BCUT2D eigenvalue weighted by Gasteiger charge is -2.05. The number of nitrogens with one attached hydrogen (secondary N) is 2. The van der Waals surface area contributed by atoms with E-state index in [1.165, 1.54) is 18.2 Å². The first-order valence-corrected chi connectivity index (χ1v) is 6.07. The van der Waals surface area contributed by atoms with Crippen molar-refractivity contribution in [3.05, 3.63) is 56.6 Å². The molecule has 1 heterocycles. The fraction of sp³-hybridized carbons (Fsp3) is 0.0909. The third-order valence-corrected chi connectivity index (χ3v) is 3.07. The molecule has 1 aromatic heterocycles. The number of rotatable bonds is 4. The summed E-state index contributed by atoms with van der Waals surface area (Å²) in [7, 11) is 0. The third kappa shape index (κ3) is 3.16. The Morgan fingerprint density at radius 3 is 2.95 bits per heavy atom. The number of aromatic nitrogens is 2. The van der Waals surface area contributed by atoms with E-state index in [1.807, 2.05) is 0 Å². The topological polar surface area (TPSA) is 101 Å². The van der Waals surface area contributed by atoms with E-state index in [0.29, 0.717) is 10.3 Å². The first-order chi connectivity index (χ1) is 9.08. The Kier molecular flexibility index (Phi) is 3.91. The maximum absolute atomic E-state index is 11.9. The molecule has 98 valence electrons. The molecule has 1 amide bonds. The van der Waals surface area contributed by atoms with Gasteiger partial charge in [0.1, 0.15) is 5.82 Å². The maximum Gasteiger partial charge on any atom is 0.270 e. The number of hydrogen-bond donors (Lipinski definition) is 2. The minimum absolute atomic E-state index is 0.133. The van der Waals surface area contributed by atoms with Gasteiger partial charge in [0.2, 0.25) is 0 Å². The van der Waals surface area contributed by atoms with Gasteiger partial charge in [0, 0.05) is 29.0 Å². The smallest absolute Gasteiger partial charge is 0.270 e. The Morgan fingerprint density at radius 1 is 1.53 bits per heavy atom. The van der Waals surface area contributed by atoms with Crippen LogP contribution in [-0.4, -0.2) is 20.8 Å². The summed E-state index contributed by atoms with van der Waals surface area (Å²) in [5.74, 6) is 0.196. The van der Waals surface area contributed by atoms with Crippen LogP contribution in [0.25, 0.3) is 0 Å². The molecule has 0 aliphatic rings. The summed E-state index contributed by atoms with van der Waals surface area (Å²) in [6, 6.07) is 4.02. The molecule has 0 atom stereocenters. The molecule has 0 radical (unpaired) electrons. The first-order valence-electron chi connectivity index (χ1n) is 5.28. The van der Waals surface area contributed by atoms with E-state index in [1.54, 1.807) is 12.4 Å². The second kappa shape index (κ2) is 5.61. The van der Waals surface area contributed by atoms with Gasteiger partial charge < -0.3 is 10.3 Å². The number of benzene rings is 1. The number of aromatic amines is 1. The molecular formula is C11H9BrN4O3. The molecule has 0 aliphatic heterocycles. The van der Waals surface area contributed by atoms with Gasteiger partial charge in [-0.25, -0.2) is 4.98 Å². The van der Waals surface area contributed by atoms with Crippen LogP contribution in [0.5, 0.6) is 0 Å². The Hall–Kier alpha value is -2.22. The Balaban J connectivity index is 2.14. The molecule has 0 fully saturated rings. The van der Waals surface area contributed by atoms with Crippen molar-refractivity contribution in [2.24, 2.45) is 0 Å². The van der Waals surface area contributed by atoms with Crippen LogP contribution in [0.3, 0.4) is 0 Å². The second-order valence-corrected chi connectivity index (χ2v) is 4.49. The first kappa shape index (κ1) is 13.2. The van der Waals surface area contributed by atoms with Crippen molar-refractivity contribution in [3.63, 3.8) is 0 Å². The van der Waals surface area contributed by atoms with Crippen molar-refractivity contribution in [2.75, 3.05) is 0 Å². The number of H-pyrrole nitrogens is 1. The van der Waals surface area contributed by atoms with Gasteiger partial charge in [-0.2, -0.15) is 0 Å². The number of carbonyl (C=O) groups excluding carboxylic acids is 1. The van der Waals surface area contributed by atoms with Gasteiger partial charge in [0.25, 0.3) is 11.6 Å². The molecule has 1 aromatic carbocycles. The van der Waals surface area contributed by atoms with E-state index >= 15 is 0 Å². The highest BCUT2D eigenvalue weighted by atomic mass is 79.9. The van der Waals surface area contributed by atoms with Crippen LogP contribution in [0.4, 0.5) is 5.69 Å². The zero-order valence-electron chi connectivity index (χ0n) is 9.59. The molecule has 2 rings (SSSR count). The number of hydrogen-bond acceptors (Lipinski definition) is 4. The van der Waals surface area contributed by atoms with Gasteiger partial charge >= 0.3 is 0 Å². The van der Waals surface area contributed by atoms with E-state index in [0.717, 1.165) is 0 Å². The summed E-state index contributed by atoms with van der Waals surface area (Å²) in [6.45, 7) is 0.223. The van der Waals surface area contributed by atoms with Gasteiger partial charge in [0.15, 0.2) is 0 Å². The predicted octanol–water partition coefficient (Wildman–Crippen LogP) is 2.01. The Labute approximate surface area is 116 Å². The van der Waals surface area contributed by atoms with Crippen LogP contribution in [-0.2, 0) is 6.54 Å². The fourth-order valence-corrected chi connectivity index (χ4v) is 1.88. The lowest BCUT2D eigenvalue weighted by molar-refractivity contribution is -0.384. The molecule has 2 aromatic rings. The normalized spacial score (nSPS) is 10.2. The molecule has 19 heavy (non-hydrogen) atoms. The largest absolute Gasteiger partial charge is 0.347 e. The van der Waals surface area contributed by atoms with E-state index in [2.05, 4.69) is 31.2 Å². The van der Waals surface area contributed by atoms with E-state index in [-0.39, 0.29) is 17.8 Å². The number of carbonyl (C=O) groups is 1. The Bertz CT molecular complexity index is 612. The highest BCUT2D eigenvalue weighted by Crippen LogP contribution is 2.22. The van der Waals surface area contributed by atoms with Crippen molar-refractivity contribution in [1.29, 1.82) is 0 Å². The van der Waals surface area contributed by atoms with Crippen molar-refractivity contribution >= 4 is 27.5 Å². The Morgan fingerprint density at radius 2 is 2.32 bits per heavy atom. The van der Waals surface area contributed by atoms with Crippen molar-refractivity contribution in [2.45, 2.75) is 6.54 Å². The van der Waals surface area contributed by atoms with E-state index in [9.17, 15) is 14.9 Å². The zero-order chi connectivity index (χ0) is 13.8. The summed E-state index contributed by atoms with van der Waals surface area (Å²) in [6.07, 6.45) is 3.22. The number of non-ortho nitro benzene ring substituents is 1. The highest BCUT2D eigenvalue weighted by molar-refractivity contribution is 9.10. The molecule has 0 saturated carbocycles. The molecule has 0 saturated heterocycles. The summed E-state index contributed by atoms with van der Waals surface area (Å²) >= 11 is 3.19. The minimum atomic E-state index is -0.546. The standard InChI is InChI=1S/C11H9BrN4O3/c12-9-2-1-7(16(18)19)5-8(9)11(17)15-6-10-13-3-4-14-10/h1-5H,6H2,(H,13,14)(H,15,17). The predicted molar refractivity (Wildman–Crippen MR) is 70.6 cm³/mol. The summed E-state index contributed by atoms with van der Waals surface area (Å²) in [4.78, 5) is 28.9. The van der Waals surface area contributed by atoms with Crippen LogP contribution >= 0.6 is 15.9 Å². The van der Waals surface area contributed by atoms with Crippen LogP contribution in [0.2, 0.25) is 0 Å². The second-order valence-electron chi connectivity index (χ2n) is 3.64. The molecule has 0 unspecified atom stereocenters. The number of nitro groups is 1. The lowest BCUT2D eigenvalue weighted by atomic mass is 10.2. The van der Waals surface area contributed by atoms with Gasteiger partial charge in [-0.15, -0.1) is 0 Å². The van der Waals surface area contributed by atoms with Crippen LogP contribution in [0.1, 0.15) is 16.2 Å². The van der Waals surface area contributed by atoms with E-state index < -0.39 is 10.8 Å². The number of halogens is 1. The summed E-state index contributed by atoms with van der Waals surface area (Å²) in [5, 5.41) is 13.3. The van der Waals surface area contributed by atoms with Gasteiger partial charge in [-0.1, -0.05) is 0 Å². The minimum Gasteiger partial charge on any atom is -0.347 e. The lowest BCUT2D eigenvalue weighted by Crippen LogP contribution is -2.23. The maximum atomic E-state index is 11.9. The summed E-state index contributed by atoms with van der Waals surface area (Å²) < 4.78 is 0.495. The molecule has 7 nitrogen and oxygen atoms in total. The molecule has 0 aliphatic carbocycles. The number of nitro benzene ring substituents is 1. The number of amides is 1. The molecule has 8 heteroatoms. The van der Waals surface area contributed by atoms with Gasteiger partial charge in [0.05, 0.1) is 17.0 Å². The average Bonchev–Trinajstić information content (AvgIpc) is 2.89. The third-order valence-electron chi connectivity index (χ3n) is 2.38. The number of nitrogens with zero attached hydrogens (tertiary/aromatic N) is 2. The SMILES string of the molecule is O=C(NCc1ncc[nH]1)c1cc([N+](=O)[O-])ccc1Br. The van der Waals surface area contributed by atoms with E-state index in [4.69, 9.17) is 0 Å². The van der Waals surface area contributed by atoms with Crippen molar-refractivity contribution in [1.82, 2.24) is 15.3 Å². The van der Waals surface area contributed by atoms with Crippen molar-refractivity contribution < 1.29 is 9.72 Å². The monoisotopic (exact) mass is 324 g/mol. The van der Waals surface area contributed by atoms with Gasteiger partial charge in [-0.3, -0.25) is 14.9 Å². The van der Waals surface area contributed by atoms with Crippen LogP contribution in [0, 0.1) is 10.1 Å². The van der Waals surface area contributed by atoms with Crippen molar-refractivity contribution in [3.8, 4) is 0 Å². The molecule has 0 bridgehead atoms. The molecular weight excluding hydrogens is 316 g/mol. The van der Waals surface area contributed by atoms with Crippen LogP contribution in [0.15, 0.2) is 35.1 Å². The van der Waals surface area contributed by atoms with Gasteiger partial charge in [-0.05, 0) is 22.0 Å². The molecule has 0 spiro atoms. The highest BCUT2D eigenvalue weighted by Gasteiger charge is 2.15. The zero-order valence-corrected chi connectivity index (χ0v) is 11.2. The fourth-order valence-electron chi connectivity index (χ4n) is 1.45. The number of imidazole rings is 1.